The molecule has 4 nitrogen and oxygen atoms in total. The SMILES string of the molecule is [CH2-]CCP(C(CC)(C1CCC(O)C1)C1CCC(O)C1)C(CC)(C1CCC(O)C1)C1CCC(O)C1.[Pd]. The van der Waals surface area contributed by atoms with E-state index in [1.54, 1.807) is 0 Å². The second-order valence-corrected chi connectivity index (χ2v) is 15.3. The Labute approximate surface area is 229 Å². The minimum atomic E-state index is -0.484. The van der Waals surface area contributed by atoms with E-state index < -0.39 is 7.92 Å². The maximum Gasteiger partial charge on any atom is 0.0543 e. The van der Waals surface area contributed by atoms with Gasteiger partial charge < -0.3 is 27.3 Å². The van der Waals surface area contributed by atoms with Crippen molar-refractivity contribution in [1.82, 2.24) is 0 Å². The molecular weight excluding hydrogens is 550 g/mol. The van der Waals surface area contributed by atoms with Gasteiger partial charge in [0.05, 0.1) is 24.4 Å². The van der Waals surface area contributed by atoms with Gasteiger partial charge in [0.25, 0.3) is 0 Å². The standard InChI is InChI=1S/C29H52O4P.Pd/c1-4-15-34(28(5-2,20-7-11-24(30)16-20)21-8-12-25(31)17-21)29(6-3,22-9-13-26(32)18-22)23-10-14-27(33)19-23;/h20-27,30-33H,1,4-19H2,2-3H3;/q-1;. The van der Waals surface area contributed by atoms with Crippen LogP contribution in [0.15, 0.2) is 0 Å². The minimum Gasteiger partial charge on any atom is -0.393 e. The van der Waals surface area contributed by atoms with E-state index in [1.807, 2.05) is 0 Å². The molecule has 0 heterocycles. The maximum atomic E-state index is 10.7. The zero-order chi connectivity index (χ0) is 24.5. The van der Waals surface area contributed by atoms with Gasteiger partial charge in [0.15, 0.2) is 0 Å². The van der Waals surface area contributed by atoms with Crippen molar-refractivity contribution in [2.75, 3.05) is 6.16 Å². The van der Waals surface area contributed by atoms with E-state index >= 15 is 0 Å². The first-order valence-electron chi connectivity index (χ1n) is 14.6. The van der Waals surface area contributed by atoms with Gasteiger partial charge in [-0.25, -0.2) is 0 Å². The summed E-state index contributed by atoms with van der Waals surface area (Å²) in [5.74, 6) is 2.07. The van der Waals surface area contributed by atoms with Crippen LogP contribution in [0.25, 0.3) is 0 Å². The van der Waals surface area contributed by atoms with Crippen LogP contribution < -0.4 is 0 Å². The average Bonchev–Trinajstić information content (AvgIpc) is 3.61. The van der Waals surface area contributed by atoms with E-state index in [2.05, 4.69) is 20.8 Å². The first kappa shape index (κ1) is 30.5. The van der Waals surface area contributed by atoms with Gasteiger partial charge in [-0.1, -0.05) is 27.9 Å². The Kier molecular flexibility index (Phi) is 11.2. The average molecular weight is 602 g/mol. The molecule has 8 atom stereocenters. The van der Waals surface area contributed by atoms with Crippen LogP contribution in [0.5, 0.6) is 0 Å². The Bertz CT molecular complexity index is 571. The van der Waals surface area contributed by atoms with Gasteiger partial charge in [0, 0.05) is 20.4 Å². The molecule has 0 saturated heterocycles. The van der Waals surface area contributed by atoms with Gasteiger partial charge in [0.1, 0.15) is 0 Å². The van der Waals surface area contributed by atoms with Crippen molar-refractivity contribution in [3.8, 4) is 0 Å². The molecule has 4 fully saturated rings. The zero-order valence-corrected chi connectivity index (χ0v) is 24.6. The van der Waals surface area contributed by atoms with Gasteiger partial charge in [0.2, 0.25) is 0 Å². The molecule has 4 rings (SSSR count). The monoisotopic (exact) mass is 601 g/mol. The van der Waals surface area contributed by atoms with Crippen molar-refractivity contribution in [2.45, 2.75) is 145 Å². The van der Waals surface area contributed by atoms with Crippen LogP contribution in [0.3, 0.4) is 0 Å². The van der Waals surface area contributed by atoms with Crippen LogP contribution in [0, 0.1) is 30.6 Å². The van der Waals surface area contributed by atoms with Crippen LogP contribution in [-0.2, 0) is 20.4 Å². The predicted octanol–water partition coefficient (Wildman–Crippen LogP) is 5.63. The summed E-state index contributed by atoms with van der Waals surface area (Å²) in [6.45, 7) is 9.21. The first-order valence-corrected chi connectivity index (χ1v) is 16.1. The Morgan fingerprint density at radius 1 is 0.600 bits per heavy atom. The summed E-state index contributed by atoms with van der Waals surface area (Å²) >= 11 is 0. The number of aliphatic hydroxyl groups is 4. The summed E-state index contributed by atoms with van der Waals surface area (Å²) in [7, 11) is -0.484. The molecule has 0 aliphatic heterocycles. The molecule has 4 aliphatic carbocycles. The summed E-state index contributed by atoms with van der Waals surface area (Å²) in [6.07, 6.45) is 15.3. The molecule has 208 valence electrons. The van der Waals surface area contributed by atoms with Crippen LogP contribution in [-0.4, -0.2) is 61.3 Å². The zero-order valence-electron chi connectivity index (χ0n) is 22.2. The van der Waals surface area contributed by atoms with Crippen molar-refractivity contribution in [2.24, 2.45) is 23.7 Å². The second-order valence-electron chi connectivity index (χ2n) is 12.3. The molecule has 0 radical (unpaired) electrons. The van der Waals surface area contributed by atoms with Crippen molar-refractivity contribution < 1.29 is 40.8 Å². The third-order valence-corrected chi connectivity index (χ3v) is 15.8. The fourth-order valence-corrected chi connectivity index (χ4v) is 15.1. The van der Waals surface area contributed by atoms with Crippen molar-refractivity contribution >= 4 is 7.92 Å². The molecule has 35 heavy (non-hydrogen) atoms. The molecule has 0 amide bonds. The summed E-state index contributed by atoms with van der Waals surface area (Å²) in [5, 5.41) is 43.1. The smallest absolute Gasteiger partial charge is 0.0543 e. The van der Waals surface area contributed by atoms with Crippen LogP contribution >= 0.6 is 7.92 Å². The topological polar surface area (TPSA) is 80.9 Å². The fourth-order valence-electron chi connectivity index (χ4n) is 9.69. The Morgan fingerprint density at radius 3 is 1.06 bits per heavy atom. The van der Waals surface area contributed by atoms with Gasteiger partial charge >= 0.3 is 0 Å². The van der Waals surface area contributed by atoms with Gasteiger partial charge in [-0.3, -0.25) is 0 Å². The summed E-state index contributed by atoms with van der Waals surface area (Å²) in [4.78, 5) is 0. The molecule has 0 bridgehead atoms. The van der Waals surface area contributed by atoms with Gasteiger partial charge in [-0.2, -0.15) is 6.42 Å². The Hall–Kier alpha value is 0.932. The fraction of sp³-hybridized carbons (Fsp3) is 0.966. The molecule has 4 aliphatic rings. The predicted molar refractivity (Wildman–Crippen MR) is 141 cm³/mol. The molecule has 0 aromatic carbocycles. The number of hydrogen-bond acceptors (Lipinski definition) is 4. The molecular formula is C29H52O4PPd-. The number of aliphatic hydroxyl groups excluding tert-OH is 4. The quantitative estimate of drug-likeness (QED) is 0.149. The molecule has 4 saturated carbocycles. The van der Waals surface area contributed by atoms with E-state index in [9.17, 15) is 20.4 Å². The third-order valence-electron chi connectivity index (χ3n) is 11.0. The van der Waals surface area contributed by atoms with E-state index in [-0.39, 0.29) is 55.2 Å². The molecule has 6 heteroatoms. The van der Waals surface area contributed by atoms with E-state index in [0.717, 1.165) is 102 Å². The van der Waals surface area contributed by atoms with Gasteiger partial charge in [-0.05, 0) is 124 Å². The number of hydrogen-bond donors (Lipinski definition) is 4. The van der Waals surface area contributed by atoms with Crippen molar-refractivity contribution in [3.05, 3.63) is 6.92 Å². The summed E-state index contributed by atoms with van der Waals surface area (Å²) in [5.41, 5.74) is 0. The maximum absolute atomic E-state index is 10.7. The van der Waals surface area contributed by atoms with E-state index in [4.69, 9.17) is 0 Å². The minimum absolute atomic E-state index is 0. The molecule has 8 unspecified atom stereocenters. The Balaban J connectivity index is 0.00000342. The molecule has 4 N–H and O–H groups in total. The van der Waals surface area contributed by atoms with Crippen molar-refractivity contribution in [3.63, 3.8) is 0 Å². The first-order chi connectivity index (χ1) is 16.3. The Morgan fingerprint density at radius 2 is 0.886 bits per heavy atom. The van der Waals surface area contributed by atoms with E-state index in [1.165, 1.54) is 0 Å². The largest absolute Gasteiger partial charge is 0.393 e. The molecule has 0 spiro atoms. The molecule has 0 aromatic rings. The molecule has 0 aromatic heterocycles. The summed E-state index contributed by atoms with van der Waals surface area (Å²) < 4.78 is 0. The van der Waals surface area contributed by atoms with E-state index in [0.29, 0.717) is 23.7 Å². The number of rotatable bonds is 10. The van der Waals surface area contributed by atoms with Crippen LogP contribution in [0.1, 0.15) is 110 Å². The van der Waals surface area contributed by atoms with Crippen LogP contribution in [0.4, 0.5) is 0 Å². The van der Waals surface area contributed by atoms with Crippen LogP contribution in [0.2, 0.25) is 0 Å². The third kappa shape index (κ3) is 5.64. The normalized spacial score (nSPS) is 41.9. The summed E-state index contributed by atoms with van der Waals surface area (Å²) in [6, 6.07) is 0. The van der Waals surface area contributed by atoms with Gasteiger partial charge in [-0.15, -0.1) is 0 Å². The van der Waals surface area contributed by atoms with Crippen molar-refractivity contribution in [1.29, 1.82) is 0 Å². The second kappa shape index (κ2) is 12.9.